The zero-order valence-electron chi connectivity index (χ0n) is 13.6. The van der Waals surface area contributed by atoms with Crippen molar-refractivity contribution >= 4 is 21.4 Å². The summed E-state index contributed by atoms with van der Waals surface area (Å²) in [5, 5.41) is 1.71. The molecule has 142 valence electrons. The minimum absolute atomic E-state index is 0.409. The fourth-order valence-corrected chi connectivity index (χ4v) is 4.86. The number of benzene rings is 2. The highest BCUT2D eigenvalue weighted by atomic mass is 32.2. The van der Waals surface area contributed by atoms with Crippen LogP contribution in [0.25, 0.3) is 0 Å². The van der Waals surface area contributed by atoms with Gasteiger partial charge >= 0.3 is 6.18 Å². The second-order valence-electron chi connectivity index (χ2n) is 5.62. The van der Waals surface area contributed by atoms with Gasteiger partial charge in [-0.25, -0.2) is 12.8 Å². The standard InChI is InChI=1S/C18H13F4NO2S2/c19-13-9-7-12(8-10-13)17(15-5-3-11-26-15)23-27(24,25)16-6-2-1-4-14(16)18(20,21)22/h1-11,17,23H/t17-/m1/s1. The molecule has 0 aliphatic rings. The van der Waals surface area contributed by atoms with Crippen molar-refractivity contribution in [2.45, 2.75) is 17.1 Å². The maximum Gasteiger partial charge on any atom is 0.417 e. The molecule has 9 heteroatoms. The molecule has 0 unspecified atom stereocenters. The van der Waals surface area contributed by atoms with Gasteiger partial charge < -0.3 is 0 Å². The van der Waals surface area contributed by atoms with E-state index in [2.05, 4.69) is 4.72 Å². The van der Waals surface area contributed by atoms with Gasteiger partial charge in [-0.05, 0) is 41.3 Å². The number of nitrogens with one attached hydrogen (secondary N) is 1. The van der Waals surface area contributed by atoms with Crippen molar-refractivity contribution in [2.24, 2.45) is 0 Å². The minimum Gasteiger partial charge on any atom is -0.207 e. The van der Waals surface area contributed by atoms with Crippen LogP contribution in [0.4, 0.5) is 17.6 Å². The molecule has 1 atom stereocenters. The van der Waals surface area contributed by atoms with Crippen LogP contribution in [0.1, 0.15) is 22.0 Å². The van der Waals surface area contributed by atoms with Crippen LogP contribution in [0.3, 0.4) is 0 Å². The van der Waals surface area contributed by atoms with Crippen LogP contribution in [-0.2, 0) is 16.2 Å². The maximum atomic E-state index is 13.2. The Morgan fingerprint density at radius 1 is 0.926 bits per heavy atom. The van der Waals surface area contributed by atoms with Gasteiger partial charge in [0.15, 0.2) is 0 Å². The highest BCUT2D eigenvalue weighted by Gasteiger charge is 2.37. The van der Waals surface area contributed by atoms with Crippen molar-refractivity contribution < 1.29 is 26.0 Å². The molecule has 3 aromatic rings. The Morgan fingerprint density at radius 2 is 1.59 bits per heavy atom. The monoisotopic (exact) mass is 415 g/mol. The molecule has 0 radical (unpaired) electrons. The summed E-state index contributed by atoms with van der Waals surface area (Å²) < 4.78 is 80.7. The van der Waals surface area contributed by atoms with E-state index >= 15 is 0 Å². The Morgan fingerprint density at radius 3 is 2.19 bits per heavy atom. The van der Waals surface area contributed by atoms with Crippen LogP contribution >= 0.6 is 11.3 Å². The molecule has 0 fully saturated rings. The number of thiophene rings is 1. The third-order valence-corrected chi connectivity index (χ3v) is 6.20. The van der Waals surface area contributed by atoms with Crippen LogP contribution in [-0.4, -0.2) is 8.42 Å². The van der Waals surface area contributed by atoms with Gasteiger partial charge in [0.2, 0.25) is 10.0 Å². The second-order valence-corrected chi connectivity index (χ2v) is 8.28. The maximum absolute atomic E-state index is 13.2. The molecule has 3 rings (SSSR count). The molecule has 0 saturated carbocycles. The summed E-state index contributed by atoms with van der Waals surface area (Å²) >= 11 is 1.23. The van der Waals surface area contributed by atoms with E-state index in [1.165, 1.54) is 29.5 Å². The van der Waals surface area contributed by atoms with E-state index in [0.717, 1.165) is 24.3 Å². The average molecular weight is 415 g/mol. The molecule has 0 bridgehead atoms. The smallest absolute Gasteiger partial charge is 0.207 e. The summed E-state index contributed by atoms with van der Waals surface area (Å²) in [6.07, 6.45) is -4.82. The van der Waals surface area contributed by atoms with E-state index in [9.17, 15) is 26.0 Å². The summed E-state index contributed by atoms with van der Waals surface area (Å²) in [6, 6.07) is 11.5. The predicted octanol–water partition coefficient (Wildman–Crippen LogP) is 4.97. The van der Waals surface area contributed by atoms with E-state index < -0.39 is 38.5 Å². The first kappa shape index (κ1) is 19.5. The van der Waals surface area contributed by atoms with E-state index in [1.54, 1.807) is 17.5 Å². The van der Waals surface area contributed by atoms with Gasteiger partial charge in [-0.2, -0.15) is 17.9 Å². The lowest BCUT2D eigenvalue weighted by molar-refractivity contribution is -0.139. The Labute approximate surface area is 157 Å². The molecule has 0 aliphatic carbocycles. The molecule has 0 spiro atoms. The SMILES string of the molecule is O=S(=O)(N[C@H](c1ccc(F)cc1)c1cccs1)c1ccccc1C(F)(F)F. The molecular formula is C18H13F4NO2S2. The molecule has 3 nitrogen and oxygen atoms in total. The zero-order valence-corrected chi connectivity index (χ0v) is 15.2. The van der Waals surface area contributed by atoms with Gasteiger partial charge in [0.25, 0.3) is 0 Å². The number of sulfonamides is 1. The zero-order chi connectivity index (χ0) is 19.7. The van der Waals surface area contributed by atoms with Gasteiger partial charge in [-0.3, -0.25) is 0 Å². The fraction of sp³-hybridized carbons (Fsp3) is 0.111. The highest BCUT2D eigenvalue weighted by molar-refractivity contribution is 7.89. The lowest BCUT2D eigenvalue weighted by atomic mass is 10.1. The molecule has 1 N–H and O–H groups in total. The van der Waals surface area contributed by atoms with Gasteiger partial charge in [0, 0.05) is 4.88 Å². The lowest BCUT2D eigenvalue weighted by Gasteiger charge is -2.20. The Kier molecular flexibility index (Phi) is 5.36. The number of hydrogen-bond acceptors (Lipinski definition) is 3. The summed E-state index contributed by atoms with van der Waals surface area (Å²) in [5.74, 6) is -0.506. The number of rotatable bonds is 5. The molecule has 0 aliphatic heterocycles. The lowest BCUT2D eigenvalue weighted by Crippen LogP contribution is -2.30. The molecule has 0 amide bonds. The summed E-state index contributed by atoms with van der Waals surface area (Å²) in [5.41, 5.74) is -0.839. The van der Waals surface area contributed by atoms with Crippen molar-refractivity contribution in [2.75, 3.05) is 0 Å². The van der Waals surface area contributed by atoms with Gasteiger partial charge in [-0.1, -0.05) is 30.3 Å². The number of hydrogen-bond donors (Lipinski definition) is 1. The summed E-state index contributed by atoms with van der Waals surface area (Å²) in [6.45, 7) is 0. The van der Waals surface area contributed by atoms with Crippen LogP contribution in [0.2, 0.25) is 0 Å². The molecule has 2 aromatic carbocycles. The third-order valence-electron chi connectivity index (χ3n) is 3.79. The molecular weight excluding hydrogens is 402 g/mol. The van der Waals surface area contributed by atoms with E-state index in [-0.39, 0.29) is 0 Å². The summed E-state index contributed by atoms with van der Waals surface area (Å²) in [4.78, 5) is -0.296. The number of halogens is 4. The van der Waals surface area contributed by atoms with Crippen LogP contribution in [0.5, 0.6) is 0 Å². The second kappa shape index (κ2) is 7.41. The molecule has 1 heterocycles. The Hall–Kier alpha value is -2.23. The van der Waals surface area contributed by atoms with Crippen molar-refractivity contribution in [3.63, 3.8) is 0 Å². The first-order valence-corrected chi connectivity index (χ1v) is 10.0. The van der Waals surface area contributed by atoms with Crippen molar-refractivity contribution in [3.05, 3.63) is 87.9 Å². The number of alkyl halides is 3. The van der Waals surface area contributed by atoms with Gasteiger partial charge in [-0.15, -0.1) is 11.3 Å². The van der Waals surface area contributed by atoms with Crippen molar-refractivity contribution in [1.82, 2.24) is 4.72 Å². The Bertz CT molecular complexity index is 1010. The van der Waals surface area contributed by atoms with Gasteiger partial charge in [0.05, 0.1) is 16.5 Å². The van der Waals surface area contributed by atoms with Crippen LogP contribution in [0, 0.1) is 5.82 Å². The topological polar surface area (TPSA) is 46.2 Å². The first-order chi connectivity index (χ1) is 12.7. The van der Waals surface area contributed by atoms with Crippen LogP contribution in [0.15, 0.2) is 70.9 Å². The highest BCUT2D eigenvalue weighted by Crippen LogP contribution is 2.35. The first-order valence-electron chi connectivity index (χ1n) is 7.66. The van der Waals surface area contributed by atoms with Crippen LogP contribution < -0.4 is 4.72 Å². The fourth-order valence-electron chi connectivity index (χ4n) is 2.55. The molecule has 1 aromatic heterocycles. The van der Waals surface area contributed by atoms with E-state index in [4.69, 9.17) is 0 Å². The Balaban J connectivity index is 2.05. The normalized spacial score (nSPS) is 13.5. The minimum atomic E-state index is -4.82. The van der Waals surface area contributed by atoms with E-state index in [1.807, 2.05) is 0 Å². The predicted molar refractivity (Wildman–Crippen MR) is 94.3 cm³/mol. The third kappa shape index (κ3) is 4.37. The van der Waals surface area contributed by atoms with Crippen molar-refractivity contribution in [3.8, 4) is 0 Å². The molecule has 27 heavy (non-hydrogen) atoms. The average Bonchev–Trinajstić information content (AvgIpc) is 3.14. The van der Waals surface area contributed by atoms with E-state index in [0.29, 0.717) is 16.5 Å². The summed E-state index contributed by atoms with van der Waals surface area (Å²) in [7, 11) is -4.51. The van der Waals surface area contributed by atoms with Gasteiger partial charge in [0.1, 0.15) is 5.82 Å². The largest absolute Gasteiger partial charge is 0.417 e. The quantitative estimate of drug-likeness (QED) is 0.598. The molecule has 0 saturated heterocycles. The van der Waals surface area contributed by atoms with Crippen molar-refractivity contribution in [1.29, 1.82) is 0 Å².